The van der Waals surface area contributed by atoms with Crippen molar-refractivity contribution in [2.24, 2.45) is 0 Å². The minimum atomic E-state index is -0.303. The van der Waals surface area contributed by atoms with Gasteiger partial charge in [-0.25, -0.2) is 0 Å². The van der Waals surface area contributed by atoms with Crippen LogP contribution in [0, 0.1) is 0 Å². The Morgan fingerprint density at radius 2 is 1.75 bits per heavy atom. The second kappa shape index (κ2) is 6.54. The van der Waals surface area contributed by atoms with Crippen LogP contribution >= 0.6 is 0 Å². The van der Waals surface area contributed by atoms with Gasteiger partial charge in [0.15, 0.2) is 0 Å². The van der Waals surface area contributed by atoms with Crippen LogP contribution in [0.5, 0.6) is 0 Å². The molecule has 1 atom stereocenters. The van der Waals surface area contributed by atoms with Gasteiger partial charge in [0, 0.05) is 19.8 Å². The molecular weight excluding hydrogens is 198 g/mol. The summed E-state index contributed by atoms with van der Waals surface area (Å²) in [4.78, 5) is 2.06. The maximum Gasteiger partial charge on any atom is 0.0790 e. The summed E-state index contributed by atoms with van der Waals surface area (Å²) in [6.45, 7) is 2.18. The van der Waals surface area contributed by atoms with Crippen LogP contribution in [-0.2, 0) is 0 Å². The highest BCUT2D eigenvalue weighted by molar-refractivity contribution is 5.46. The van der Waals surface area contributed by atoms with Crippen molar-refractivity contribution in [2.45, 2.75) is 38.7 Å². The van der Waals surface area contributed by atoms with Crippen LogP contribution in [0.15, 0.2) is 24.3 Å². The SMILES string of the molecule is CCCCC[C@H](O)c1ccc(N(C)C)cc1. The summed E-state index contributed by atoms with van der Waals surface area (Å²) in [5.74, 6) is 0. The fourth-order valence-corrected chi connectivity index (χ4v) is 1.75. The molecule has 0 bridgehead atoms. The Morgan fingerprint density at radius 1 is 1.12 bits per heavy atom. The number of hydrogen-bond donors (Lipinski definition) is 1. The predicted octanol–water partition coefficient (Wildman–Crippen LogP) is 3.37. The number of aliphatic hydroxyl groups excluding tert-OH is 1. The third-order valence-corrected chi connectivity index (χ3v) is 2.88. The molecule has 90 valence electrons. The van der Waals surface area contributed by atoms with Crippen molar-refractivity contribution >= 4 is 5.69 Å². The second-order valence-electron chi connectivity index (χ2n) is 4.50. The first-order valence-electron chi connectivity index (χ1n) is 6.10. The van der Waals surface area contributed by atoms with Gasteiger partial charge < -0.3 is 10.0 Å². The molecule has 16 heavy (non-hydrogen) atoms. The molecule has 0 amide bonds. The van der Waals surface area contributed by atoms with E-state index >= 15 is 0 Å². The van der Waals surface area contributed by atoms with Crippen LogP contribution in [0.3, 0.4) is 0 Å². The third-order valence-electron chi connectivity index (χ3n) is 2.88. The molecule has 0 aliphatic heterocycles. The highest BCUT2D eigenvalue weighted by Gasteiger charge is 2.06. The lowest BCUT2D eigenvalue weighted by Gasteiger charge is -2.15. The Morgan fingerprint density at radius 3 is 2.25 bits per heavy atom. The van der Waals surface area contributed by atoms with Crippen molar-refractivity contribution in [1.29, 1.82) is 0 Å². The topological polar surface area (TPSA) is 23.5 Å². The number of anilines is 1. The zero-order chi connectivity index (χ0) is 12.0. The summed E-state index contributed by atoms with van der Waals surface area (Å²) in [5.41, 5.74) is 2.20. The van der Waals surface area contributed by atoms with Crippen molar-refractivity contribution in [1.82, 2.24) is 0 Å². The Balaban J connectivity index is 2.52. The van der Waals surface area contributed by atoms with E-state index < -0.39 is 0 Å². The van der Waals surface area contributed by atoms with E-state index in [4.69, 9.17) is 0 Å². The van der Waals surface area contributed by atoms with Gasteiger partial charge in [-0.3, -0.25) is 0 Å². The number of hydrogen-bond acceptors (Lipinski definition) is 2. The van der Waals surface area contributed by atoms with Crippen molar-refractivity contribution < 1.29 is 5.11 Å². The first-order chi connectivity index (χ1) is 7.65. The van der Waals surface area contributed by atoms with E-state index in [-0.39, 0.29) is 6.10 Å². The van der Waals surface area contributed by atoms with Gasteiger partial charge in [0.25, 0.3) is 0 Å². The van der Waals surface area contributed by atoms with Gasteiger partial charge in [0.1, 0.15) is 0 Å². The predicted molar refractivity (Wildman–Crippen MR) is 69.9 cm³/mol. The van der Waals surface area contributed by atoms with E-state index in [9.17, 15) is 5.11 Å². The number of nitrogens with zero attached hydrogens (tertiary/aromatic N) is 1. The summed E-state index contributed by atoms with van der Waals surface area (Å²) in [6.07, 6.45) is 4.07. The van der Waals surface area contributed by atoms with Gasteiger partial charge in [0.05, 0.1) is 6.10 Å². The van der Waals surface area contributed by atoms with Crippen LogP contribution in [0.2, 0.25) is 0 Å². The van der Waals surface area contributed by atoms with E-state index in [0.29, 0.717) is 0 Å². The monoisotopic (exact) mass is 221 g/mol. The van der Waals surface area contributed by atoms with Gasteiger partial charge in [0.2, 0.25) is 0 Å². The molecule has 0 heterocycles. The molecule has 0 spiro atoms. The van der Waals surface area contributed by atoms with E-state index in [0.717, 1.165) is 18.4 Å². The van der Waals surface area contributed by atoms with Crippen LogP contribution < -0.4 is 4.90 Å². The lowest BCUT2D eigenvalue weighted by molar-refractivity contribution is 0.163. The third kappa shape index (κ3) is 3.86. The van der Waals surface area contributed by atoms with Crippen molar-refractivity contribution in [3.05, 3.63) is 29.8 Å². The molecule has 0 aliphatic rings. The second-order valence-corrected chi connectivity index (χ2v) is 4.50. The lowest BCUT2D eigenvalue weighted by Crippen LogP contribution is -2.08. The molecule has 0 aliphatic carbocycles. The first-order valence-corrected chi connectivity index (χ1v) is 6.10. The molecule has 0 saturated carbocycles. The molecule has 2 nitrogen and oxygen atoms in total. The normalized spacial score (nSPS) is 12.5. The molecule has 1 aromatic carbocycles. The molecule has 2 heteroatoms. The lowest BCUT2D eigenvalue weighted by atomic mass is 10.0. The summed E-state index contributed by atoms with van der Waals surface area (Å²) >= 11 is 0. The average molecular weight is 221 g/mol. The quantitative estimate of drug-likeness (QED) is 0.744. The average Bonchev–Trinajstić information content (AvgIpc) is 2.29. The summed E-state index contributed by atoms with van der Waals surface area (Å²) < 4.78 is 0. The van der Waals surface area contributed by atoms with Gasteiger partial charge in [-0.15, -0.1) is 0 Å². The number of benzene rings is 1. The van der Waals surface area contributed by atoms with E-state index in [1.807, 2.05) is 26.2 Å². The van der Waals surface area contributed by atoms with Crippen molar-refractivity contribution in [2.75, 3.05) is 19.0 Å². The van der Waals surface area contributed by atoms with Crippen LogP contribution in [-0.4, -0.2) is 19.2 Å². The number of rotatable bonds is 6. The maximum atomic E-state index is 9.96. The molecule has 1 aromatic rings. The standard InChI is InChI=1S/C14H23NO/c1-4-5-6-7-14(16)12-8-10-13(11-9-12)15(2)3/h8-11,14,16H,4-7H2,1-3H3/t14-/m0/s1. The smallest absolute Gasteiger partial charge is 0.0790 e. The summed E-state index contributed by atoms with van der Waals surface area (Å²) in [5, 5.41) is 9.96. The van der Waals surface area contributed by atoms with Crippen LogP contribution in [0.1, 0.15) is 44.3 Å². The van der Waals surface area contributed by atoms with Gasteiger partial charge >= 0.3 is 0 Å². The molecule has 1 N–H and O–H groups in total. The molecule has 0 fully saturated rings. The summed E-state index contributed by atoms with van der Waals surface area (Å²) in [6, 6.07) is 8.15. The van der Waals surface area contributed by atoms with Gasteiger partial charge in [-0.2, -0.15) is 0 Å². The molecule has 0 saturated heterocycles. The molecular formula is C14H23NO. The van der Waals surface area contributed by atoms with Crippen molar-refractivity contribution in [3.63, 3.8) is 0 Å². The van der Waals surface area contributed by atoms with E-state index in [2.05, 4.69) is 24.0 Å². The highest BCUT2D eigenvalue weighted by Crippen LogP contribution is 2.22. The van der Waals surface area contributed by atoms with Crippen LogP contribution in [0.25, 0.3) is 0 Å². The zero-order valence-corrected chi connectivity index (χ0v) is 10.6. The highest BCUT2D eigenvalue weighted by atomic mass is 16.3. The van der Waals surface area contributed by atoms with Crippen molar-refractivity contribution in [3.8, 4) is 0 Å². The largest absolute Gasteiger partial charge is 0.388 e. The molecule has 0 radical (unpaired) electrons. The zero-order valence-electron chi connectivity index (χ0n) is 10.6. The minimum absolute atomic E-state index is 0.303. The fraction of sp³-hybridized carbons (Fsp3) is 0.571. The first kappa shape index (κ1) is 13.0. The maximum absolute atomic E-state index is 9.96. The molecule has 1 rings (SSSR count). The van der Waals surface area contributed by atoms with Crippen LogP contribution in [0.4, 0.5) is 5.69 Å². The Bertz CT molecular complexity index is 292. The molecule has 0 aromatic heterocycles. The Kier molecular flexibility index (Phi) is 5.33. The van der Waals surface area contributed by atoms with Gasteiger partial charge in [-0.05, 0) is 24.1 Å². The number of unbranched alkanes of at least 4 members (excludes halogenated alkanes) is 2. The Labute approximate surface area is 98.9 Å². The minimum Gasteiger partial charge on any atom is -0.388 e. The van der Waals surface area contributed by atoms with E-state index in [1.165, 1.54) is 18.5 Å². The van der Waals surface area contributed by atoms with E-state index in [1.54, 1.807) is 0 Å². The fourth-order valence-electron chi connectivity index (χ4n) is 1.75. The molecule has 0 unspecified atom stereocenters. The summed E-state index contributed by atoms with van der Waals surface area (Å²) in [7, 11) is 4.04. The van der Waals surface area contributed by atoms with Gasteiger partial charge in [-0.1, -0.05) is 38.3 Å². The Hall–Kier alpha value is -1.02. The number of aliphatic hydroxyl groups is 1.